The van der Waals surface area contributed by atoms with Gasteiger partial charge in [-0.25, -0.2) is 0 Å². The van der Waals surface area contributed by atoms with E-state index >= 15 is 0 Å². The molecule has 0 fully saturated rings. The van der Waals surface area contributed by atoms with E-state index in [1.807, 2.05) is 13.1 Å². The van der Waals surface area contributed by atoms with Crippen molar-refractivity contribution in [3.8, 4) is 0 Å². The minimum absolute atomic E-state index is 0.335. The van der Waals surface area contributed by atoms with Gasteiger partial charge in [0, 0.05) is 10.9 Å². The Balaban J connectivity index is 2.26. The van der Waals surface area contributed by atoms with Gasteiger partial charge in [0.05, 0.1) is 4.34 Å². The topological polar surface area (TPSA) is 12.0 Å². The molecule has 1 nitrogen and oxygen atoms in total. The van der Waals surface area contributed by atoms with Crippen molar-refractivity contribution < 1.29 is 0 Å². The van der Waals surface area contributed by atoms with Gasteiger partial charge in [-0.05, 0) is 56.1 Å². The molecule has 96 valence electrons. The summed E-state index contributed by atoms with van der Waals surface area (Å²) in [7, 11) is 2.01. The molecule has 0 bridgehead atoms. The van der Waals surface area contributed by atoms with Crippen LogP contribution >= 0.6 is 22.9 Å². The van der Waals surface area contributed by atoms with Gasteiger partial charge in [0.25, 0.3) is 0 Å². The lowest BCUT2D eigenvalue weighted by molar-refractivity contribution is 0.599. The molecule has 18 heavy (non-hydrogen) atoms. The highest BCUT2D eigenvalue weighted by molar-refractivity contribution is 7.16. The first-order chi connectivity index (χ1) is 8.61. The van der Waals surface area contributed by atoms with Gasteiger partial charge in [-0.3, -0.25) is 0 Å². The number of thiophene rings is 1. The van der Waals surface area contributed by atoms with Gasteiger partial charge >= 0.3 is 0 Å². The van der Waals surface area contributed by atoms with Crippen molar-refractivity contribution in [3.63, 3.8) is 0 Å². The van der Waals surface area contributed by atoms with Crippen LogP contribution in [0.25, 0.3) is 0 Å². The minimum atomic E-state index is 0.335. The lowest BCUT2D eigenvalue weighted by Gasteiger charge is -2.17. The number of aryl methyl sites for hydroxylation is 2. The van der Waals surface area contributed by atoms with E-state index in [-0.39, 0.29) is 0 Å². The summed E-state index contributed by atoms with van der Waals surface area (Å²) in [5, 5.41) is 3.39. The summed E-state index contributed by atoms with van der Waals surface area (Å²) < 4.78 is 0.853. The van der Waals surface area contributed by atoms with Crippen LogP contribution in [0.5, 0.6) is 0 Å². The van der Waals surface area contributed by atoms with Crippen LogP contribution in [0.2, 0.25) is 4.34 Å². The van der Waals surface area contributed by atoms with Crippen LogP contribution in [0.15, 0.2) is 30.3 Å². The predicted octanol–water partition coefficient (Wildman–Crippen LogP) is 4.52. The molecule has 0 aliphatic carbocycles. The maximum atomic E-state index is 6.02. The fourth-order valence-corrected chi connectivity index (χ4v) is 3.41. The Morgan fingerprint density at radius 1 is 1.17 bits per heavy atom. The Morgan fingerprint density at radius 2 is 1.83 bits per heavy atom. The zero-order valence-electron chi connectivity index (χ0n) is 11.0. The van der Waals surface area contributed by atoms with Gasteiger partial charge in [-0.2, -0.15) is 0 Å². The third-order valence-electron chi connectivity index (χ3n) is 3.34. The summed E-state index contributed by atoms with van der Waals surface area (Å²) in [5.74, 6) is 0. The average Bonchev–Trinajstić information content (AvgIpc) is 2.76. The predicted molar refractivity (Wildman–Crippen MR) is 80.7 cm³/mol. The van der Waals surface area contributed by atoms with E-state index in [4.69, 9.17) is 11.6 Å². The number of hydrogen-bond donors (Lipinski definition) is 1. The number of nitrogens with one attached hydrogen (secondary N) is 1. The smallest absolute Gasteiger partial charge is 0.0931 e. The summed E-state index contributed by atoms with van der Waals surface area (Å²) in [6, 6.07) is 10.9. The van der Waals surface area contributed by atoms with E-state index in [1.54, 1.807) is 11.3 Å². The molecule has 0 aliphatic heterocycles. The summed E-state index contributed by atoms with van der Waals surface area (Å²) in [6.45, 7) is 4.35. The van der Waals surface area contributed by atoms with Crippen molar-refractivity contribution in [2.24, 2.45) is 0 Å². The van der Waals surface area contributed by atoms with Crippen molar-refractivity contribution in [1.29, 1.82) is 0 Å². The molecular weight excluding hydrogens is 262 g/mol. The van der Waals surface area contributed by atoms with Crippen LogP contribution in [-0.4, -0.2) is 7.05 Å². The largest absolute Gasteiger partial charge is 0.312 e. The summed E-state index contributed by atoms with van der Waals surface area (Å²) in [6.07, 6.45) is 1.01. The second-order valence-corrected chi connectivity index (χ2v) is 6.30. The van der Waals surface area contributed by atoms with Gasteiger partial charge in [0.2, 0.25) is 0 Å². The summed E-state index contributed by atoms with van der Waals surface area (Å²) in [4.78, 5) is 1.30. The normalized spacial score (nSPS) is 12.7. The second kappa shape index (κ2) is 5.87. The number of rotatable bonds is 4. The Morgan fingerprint density at radius 3 is 2.33 bits per heavy atom. The van der Waals surface area contributed by atoms with Crippen molar-refractivity contribution in [2.45, 2.75) is 26.3 Å². The molecule has 1 aromatic heterocycles. The molecule has 1 N–H and O–H groups in total. The van der Waals surface area contributed by atoms with Gasteiger partial charge in [0.1, 0.15) is 0 Å². The van der Waals surface area contributed by atoms with Gasteiger partial charge in [-0.15, -0.1) is 11.3 Å². The Bertz CT molecular complexity index is 513. The van der Waals surface area contributed by atoms with E-state index < -0.39 is 0 Å². The van der Waals surface area contributed by atoms with Crippen LogP contribution in [0.4, 0.5) is 0 Å². The van der Waals surface area contributed by atoms with Crippen molar-refractivity contribution in [2.75, 3.05) is 7.05 Å². The maximum Gasteiger partial charge on any atom is 0.0931 e. The molecule has 0 saturated heterocycles. The highest BCUT2D eigenvalue weighted by atomic mass is 35.5. The van der Waals surface area contributed by atoms with E-state index in [9.17, 15) is 0 Å². The fourth-order valence-electron chi connectivity index (χ4n) is 2.24. The first-order valence-electron chi connectivity index (χ1n) is 6.09. The third kappa shape index (κ3) is 2.94. The molecule has 0 aliphatic rings. The summed E-state index contributed by atoms with van der Waals surface area (Å²) in [5.41, 5.74) is 4.15. The van der Waals surface area contributed by atoms with Crippen LogP contribution in [0, 0.1) is 13.8 Å². The van der Waals surface area contributed by atoms with Crippen molar-refractivity contribution >= 4 is 22.9 Å². The maximum absolute atomic E-state index is 6.02. The molecule has 1 unspecified atom stereocenters. The van der Waals surface area contributed by atoms with E-state index in [2.05, 4.69) is 43.4 Å². The van der Waals surface area contributed by atoms with E-state index in [0.29, 0.717) is 6.04 Å². The Labute approximate surface area is 118 Å². The SMILES string of the molecule is CNC(Cc1c(C)cccc1C)c1ccc(Cl)s1. The number of likely N-dealkylation sites (N-methyl/N-ethyl adjacent to an activating group) is 1. The molecule has 0 radical (unpaired) electrons. The van der Waals surface area contributed by atoms with Gasteiger partial charge < -0.3 is 5.32 Å². The lowest BCUT2D eigenvalue weighted by atomic mass is 9.96. The number of hydrogen-bond acceptors (Lipinski definition) is 2. The lowest BCUT2D eigenvalue weighted by Crippen LogP contribution is -2.18. The van der Waals surface area contributed by atoms with Gasteiger partial charge in [0.15, 0.2) is 0 Å². The molecular formula is C15H18ClNS. The standard InChI is InChI=1S/C15H18ClNS/c1-10-5-4-6-11(2)12(10)9-13(17-3)14-7-8-15(16)18-14/h4-8,13,17H,9H2,1-3H3. The Hall–Kier alpha value is -0.830. The third-order valence-corrected chi connectivity index (χ3v) is 4.68. The zero-order valence-corrected chi connectivity index (χ0v) is 12.5. The molecule has 0 spiro atoms. The molecule has 2 rings (SSSR count). The molecule has 1 heterocycles. The molecule has 2 aromatic rings. The second-order valence-electron chi connectivity index (χ2n) is 4.56. The summed E-state index contributed by atoms with van der Waals surface area (Å²) >= 11 is 7.67. The molecule has 0 amide bonds. The van der Waals surface area contributed by atoms with Crippen LogP contribution in [0.3, 0.4) is 0 Å². The van der Waals surface area contributed by atoms with Crippen LogP contribution < -0.4 is 5.32 Å². The van der Waals surface area contributed by atoms with Crippen molar-refractivity contribution in [1.82, 2.24) is 5.32 Å². The molecule has 1 aromatic carbocycles. The first kappa shape index (κ1) is 13.6. The molecule has 1 atom stereocenters. The zero-order chi connectivity index (χ0) is 13.1. The molecule has 3 heteroatoms. The quantitative estimate of drug-likeness (QED) is 0.868. The minimum Gasteiger partial charge on any atom is -0.312 e. The fraction of sp³-hybridized carbons (Fsp3) is 0.333. The first-order valence-corrected chi connectivity index (χ1v) is 7.29. The monoisotopic (exact) mass is 279 g/mol. The highest BCUT2D eigenvalue weighted by Gasteiger charge is 2.14. The van der Waals surface area contributed by atoms with Gasteiger partial charge in [-0.1, -0.05) is 29.8 Å². The number of halogens is 1. The Kier molecular flexibility index (Phi) is 4.44. The van der Waals surface area contributed by atoms with Crippen LogP contribution in [0.1, 0.15) is 27.6 Å². The van der Waals surface area contributed by atoms with Crippen molar-refractivity contribution in [3.05, 3.63) is 56.2 Å². The van der Waals surface area contributed by atoms with E-state index in [0.717, 1.165) is 10.8 Å². The highest BCUT2D eigenvalue weighted by Crippen LogP contribution is 2.30. The average molecular weight is 280 g/mol. The van der Waals surface area contributed by atoms with Crippen LogP contribution in [-0.2, 0) is 6.42 Å². The van der Waals surface area contributed by atoms with E-state index in [1.165, 1.54) is 21.6 Å². The molecule has 0 saturated carbocycles. The number of benzene rings is 1.